The van der Waals surface area contributed by atoms with E-state index < -0.39 is 0 Å². The molecule has 1 saturated heterocycles. The molecule has 0 spiro atoms. The number of rotatable bonds is 5. The molecular formula is C17H31N5O. The zero-order valence-corrected chi connectivity index (χ0v) is 15.1. The van der Waals surface area contributed by atoms with Crippen molar-refractivity contribution in [2.24, 2.45) is 18.9 Å². The molecule has 0 aromatic carbocycles. The van der Waals surface area contributed by atoms with Crippen LogP contribution in [0.15, 0.2) is 6.20 Å². The van der Waals surface area contributed by atoms with E-state index in [0.717, 1.165) is 42.7 Å². The third kappa shape index (κ3) is 5.23. The summed E-state index contributed by atoms with van der Waals surface area (Å²) < 4.78 is 1.82. The van der Waals surface area contributed by atoms with Crippen LogP contribution in [0.3, 0.4) is 0 Å². The molecule has 0 unspecified atom stereocenters. The lowest BCUT2D eigenvalue weighted by atomic mass is 9.92. The highest BCUT2D eigenvalue weighted by Crippen LogP contribution is 2.20. The number of amides is 2. The van der Waals surface area contributed by atoms with Crippen molar-refractivity contribution >= 4 is 6.03 Å². The first kappa shape index (κ1) is 17.8. The van der Waals surface area contributed by atoms with Crippen molar-refractivity contribution in [3.63, 3.8) is 0 Å². The van der Waals surface area contributed by atoms with E-state index in [0.29, 0.717) is 6.54 Å². The standard InChI is InChI=1S/C17H31N5O/c1-12-6-13(2)10-22(9-12)11-14(3)20-17(23)18-7-16-8-19-21(5)15(16)4/h8,12-14H,6-7,9-11H2,1-5H3,(H2,18,20,23)/t12-,13-,14+/m0/s1. The number of likely N-dealkylation sites (tertiary alicyclic amines) is 1. The van der Waals surface area contributed by atoms with E-state index in [-0.39, 0.29) is 12.1 Å². The summed E-state index contributed by atoms with van der Waals surface area (Å²) in [4.78, 5) is 14.5. The molecule has 3 atom stereocenters. The van der Waals surface area contributed by atoms with Crippen molar-refractivity contribution in [3.8, 4) is 0 Å². The molecule has 1 fully saturated rings. The molecule has 1 aromatic rings. The molecule has 6 nitrogen and oxygen atoms in total. The van der Waals surface area contributed by atoms with E-state index in [9.17, 15) is 4.79 Å². The number of hydrogen-bond acceptors (Lipinski definition) is 3. The second-order valence-electron chi connectivity index (χ2n) is 7.27. The molecule has 23 heavy (non-hydrogen) atoms. The number of aryl methyl sites for hydroxylation is 1. The van der Waals surface area contributed by atoms with Crippen LogP contribution in [0.5, 0.6) is 0 Å². The summed E-state index contributed by atoms with van der Waals surface area (Å²) in [5.41, 5.74) is 2.13. The Bertz CT molecular complexity index is 517. The number of carbonyl (C=O) groups excluding carboxylic acids is 1. The van der Waals surface area contributed by atoms with Crippen LogP contribution in [0.4, 0.5) is 4.79 Å². The van der Waals surface area contributed by atoms with Gasteiger partial charge in [0.2, 0.25) is 0 Å². The Labute approximate surface area is 139 Å². The maximum Gasteiger partial charge on any atom is 0.315 e. The summed E-state index contributed by atoms with van der Waals surface area (Å²) in [5, 5.41) is 10.1. The van der Waals surface area contributed by atoms with Crippen molar-refractivity contribution in [1.82, 2.24) is 25.3 Å². The highest BCUT2D eigenvalue weighted by atomic mass is 16.2. The van der Waals surface area contributed by atoms with E-state index in [4.69, 9.17) is 0 Å². The van der Waals surface area contributed by atoms with Gasteiger partial charge in [-0.1, -0.05) is 13.8 Å². The van der Waals surface area contributed by atoms with Crippen molar-refractivity contribution in [2.75, 3.05) is 19.6 Å². The fraction of sp³-hybridized carbons (Fsp3) is 0.765. The van der Waals surface area contributed by atoms with Crippen molar-refractivity contribution in [3.05, 3.63) is 17.5 Å². The summed E-state index contributed by atoms with van der Waals surface area (Å²) >= 11 is 0. The highest BCUT2D eigenvalue weighted by molar-refractivity contribution is 5.74. The fourth-order valence-electron chi connectivity index (χ4n) is 3.54. The van der Waals surface area contributed by atoms with Gasteiger partial charge in [-0.3, -0.25) is 4.68 Å². The molecule has 130 valence electrons. The van der Waals surface area contributed by atoms with Crippen molar-refractivity contribution in [1.29, 1.82) is 0 Å². The normalized spacial score (nSPS) is 23.5. The van der Waals surface area contributed by atoms with E-state index >= 15 is 0 Å². The maximum absolute atomic E-state index is 12.0. The predicted molar refractivity (Wildman–Crippen MR) is 92.2 cm³/mol. The van der Waals surface area contributed by atoms with Crippen LogP contribution >= 0.6 is 0 Å². The molecule has 0 aliphatic carbocycles. The number of aromatic nitrogens is 2. The molecule has 2 amide bonds. The molecule has 2 heterocycles. The average Bonchev–Trinajstić information content (AvgIpc) is 2.75. The molecule has 0 bridgehead atoms. The summed E-state index contributed by atoms with van der Waals surface area (Å²) in [6, 6.07) is 0.0290. The van der Waals surface area contributed by atoms with Crippen molar-refractivity contribution < 1.29 is 4.79 Å². The van der Waals surface area contributed by atoms with E-state index in [1.165, 1.54) is 6.42 Å². The molecule has 6 heteroatoms. The molecule has 0 saturated carbocycles. The monoisotopic (exact) mass is 321 g/mol. The van der Waals surface area contributed by atoms with Crippen LogP contribution in [0.25, 0.3) is 0 Å². The van der Waals surface area contributed by atoms with Crippen LogP contribution < -0.4 is 10.6 Å². The third-order valence-corrected chi connectivity index (χ3v) is 4.63. The first-order valence-electron chi connectivity index (χ1n) is 8.59. The number of carbonyl (C=O) groups is 1. The molecule has 1 aromatic heterocycles. The largest absolute Gasteiger partial charge is 0.334 e. The van der Waals surface area contributed by atoms with Crippen LogP contribution in [-0.2, 0) is 13.6 Å². The first-order chi connectivity index (χ1) is 10.8. The summed E-state index contributed by atoms with van der Waals surface area (Å²) in [6.07, 6.45) is 3.11. The molecule has 1 aliphatic heterocycles. The van der Waals surface area contributed by atoms with Gasteiger partial charge in [-0.05, 0) is 32.1 Å². The number of nitrogens with zero attached hydrogens (tertiary/aromatic N) is 3. The second kappa shape index (κ2) is 7.81. The van der Waals surface area contributed by atoms with Crippen LogP contribution in [0.1, 0.15) is 38.4 Å². The van der Waals surface area contributed by atoms with Gasteiger partial charge in [0.25, 0.3) is 0 Å². The zero-order chi connectivity index (χ0) is 17.0. The van der Waals surface area contributed by atoms with Gasteiger partial charge in [0.05, 0.1) is 6.20 Å². The smallest absolute Gasteiger partial charge is 0.315 e. The lowest BCUT2D eigenvalue weighted by Crippen LogP contribution is -2.49. The molecule has 2 N–H and O–H groups in total. The minimum absolute atomic E-state index is 0.112. The Morgan fingerprint density at radius 3 is 2.61 bits per heavy atom. The van der Waals surface area contributed by atoms with Gasteiger partial charge in [-0.15, -0.1) is 0 Å². The average molecular weight is 321 g/mol. The minimum atomic E-state index is -0.112. The SMILES string of the molecule is Cc1c(CNC(=O)N[C@H](C)CN2C[C@@H](C)C[C@H](C)C2)cnn1C. The summed E-state index contributed by atoms with van der Waals surface area (Å²) in [5.74, 6) is 1.49. The number of nitrogens with one attached hydrogen (secondary N) is 2. The maximum atomic E-state index is 12.0. The molecule has 0 radical (unpaired) electrons. The van der Waals surface area contributed by atoms with Gasteiger partial charge < -0.3 is 15.5 Å². The molecule has 1 aliphatic rings. The topological polar surface area (TPSA) is 62.2 Å². The minimum Gasteiger partial charge on any atom is -0.334 e. The Morgan fingerprint density at radius 1 is 1.39 bits per heavy atom. The Hall–Kier alpha value is -1.56. The zero-order valence-electron chi connectivity index (χ0n) is 15.1. The van der Waals surface area contributed by atoms with Crippen LogP contribution in [0, 0.1) is 18.8 Å². The number of piperidine rings is 1. The van der Waals surface area contributed by atoms with E-state index in [1.807, 2.05) is 18.7 Å². The molecular weight excluding hydrogens is 290 g/mol. The Morgan fingerprint density at radius 2 is 2.04 bits per heavy atom. The number of hydrogen-bond donors (Lipinski definition) is 2. The van der Waals surface area contributed by atoms with Crippen LogP contribution in [0.2, 0.25) is 0 Å². The van der Waals surface area contributed by atoms with Gasteiger partial charge >= 0.3 is 6.03 Å². The van der Waals surface area contributed by atoms with Gasteiger partial charge in [0.1, 0.15) is 0 Å². The lowest BCUT2D eigenvalue weighted by molar-refractivity contribution is 0.131. The van der Waals surface area contributed by atoms with Crippen LogP contribution in [-0.4, -0.2) is 46.4 Å². The summed E-state index contributed by atoms with van der Waals surface area (Å²) in [6.45, 7) is 12.4. The van der Waals surface area contributed by atoms with Gasteiger partial charge in [-0.25, -0.2) is 4.79 Å². The summed E-state index contributed by atoms with van der Waals surface area (Å²) in [7, 11) is 1.90. The van der Waals surface area contributed by atoms with E-state index in [1.54, 1.807) is 6.20 Å². The molecule has 2 rings (SSSR count). The second-order valence-corrected chi connectivity index (χ2v) is 7.27. The Kier molecular flexibility index (Phi) is 6.04. The van der Waals surface area contributed by atoms with Gasteiger partial charge in [-0.2, -0.15) is 5.10 Å². The fourth-order valence-corrected chi connectivity index (χ4v) is 3.54. The highest BCUT2D eigenvalue weighted by Gasteiger charge is 2.23. The first-order valence-corrected chi connectivity index (χ1v) is 8.59. The van der Waals surface area contributed by atoms with E-state index in [2.05, 4.69) is 41.4 Å². The lowest BCUT2D eigenvalue weighted by Gasteiger charge is -2.36. The van der Waals surface area contributed by atoms with Crippen molar-refractivity contribution in [2.45, 2.75) is 46.7 Å². The number of urea groups is 1. The van der Waals surface area contributed by atoms with Gasteiger partial charge in [0, 0.05) is 50.5 Å². The predicted octanol–water partition coefficient (Wildman–Crippen LogP) is 1.89. The Balaban J connectivity index is 1.73. The third-order valence-electron chi connectivity index (χ3n) is 4.63. The quantitative estimate of drug-likeness (QED) is 0.870. The van der Waals surface area contributed by atoms with Gasteiger partial charge in [0.15, 0.2) is 0 Å².